The molecule has 0 N–H and O–H groups in total. The third-order valence-corrected chi connectivity index (χ3v) is 10.4. The fourth-order valence-corrected chi connectivity index (χ4v) is 7.97. The zero-order chi connectivity index (χ0) is 20.6. The summed E-state index contributed by atoms with van der Waals surface area (Å²) in [4.78, 5) is 2.33. The van der Waals surface area contributed by atoms with Crippen LogP contribution in [-0.2, 0) is 26.6 Å². The van der Waals surface area contributed by atoms with Crippen molar-refractivity contribution < 1.29 is 26.6 Å². The highest BCUT2D eigenvalue weighted by atomic mass is 28.4. The highest BCUT2D eigenvalue weighted by Crippen LogP contribution is 2.20. The van der Waals surface area contributed by atoms with Crippen molar-refractivity contribution in [3.8, 4) is 0 Å². The Morgan fingerprint density at radius 2 is 0.926 bits per heavy atom. The molecule has 9 heteroatoms. The topological polar surface area (TPSA) is 58.6 Å². The second-order valence-corrected chi connectivity index (χ2v) is 11.8. The summed E-state index contributed by atoms with van der Waals surface area (Å²) in [5, 5.41) is 0. The molecule has 27 heavy (non-hydrogen) atoms. The second-order valence-electron chi connectivity index (χ2n) is 6.25. The number of hydrogen-bond acceptors (Lipinski definition) is 7. The van der Waals surface area contributed by atoms with Crippen molar-refractivity contribution in [2.75, 3.05) is 60.3 Å². The van der Waals surface area contributed by atoms with Crippen LogP contribution in [0.2, 0.25) is 12.1 Å². The molecule has 0 aromatic heterocycles. The maximum Gasteiger partial charge on any atom is 0.500 e. The van der Waals surface area contributed by atoms with Crippen LogP contribution in [0.15, 0.2) is 0 Å². The molecular formula is C18H43NO6Si2. The molecule has 0 fully saturated rings. The zero-order valence-electron chi connectivity index (χ0n) is 18.7. The Balaban J connectivity index is 4.38. The lowest BCUT2D eigenvalue weighted by Crippen LogP contribution is -2.46. The first-order chi connectivity index (χ1) is 13.0. The Morgan fingerprint density at radius 1 is 0.593 bits per heavy atom. The van der Waals surface area contributed by atoms with E-state index in [1.165, 1.54) is 0 Å². The SMILES string of the molecule is CCO[Si](CCCN(C)CCC[Si](OCC)(OCC)OCC)(OC)OCC. The summed E-state index contributed by atoms with van der Waals surface area (Å²) in [7, 11) is -1.20. The third kappa shape index (κ3) is 11.1. The molecule has 0 aromatic rings. The fourth-order valence-electron chi connectivity index (χ4n) is 3.09. The summed E-state index contributed by atoms with van der Waals surface area (Å²) in [5.74, 6) is 0. The van der Waals surface area contributed by atoms with E-state index in [1.54, 1.807) is 7.11 Å². The molecule has 0 aromatic carbocycles. The van der Waals surface area contributed by atoms with Gasteiger partial charge in [-0.1, -0.05) is 0 Å². The van der Waals surface area contributed by atoms with Gasteiger partial charge in [0.05, 0.1) is 0 Å². The van der Waals surface area contributed by atoms with Gasteiger partial charge in [-0.25, -0.2) is 0 Å². The second kappa shape index (κ2) is 16.0. The van der Waals surface area contributed by atoms with Crippen LogP contribution in [0.3, 0.4) is 0 Å². The Morgan fingerprint density at radius 3 is 1.26 bits per heavy atom. The zero-order valence-corrected chi connectivity index (χ0v) is 20.7. The first kappa shape index (κ1) is 27.2. The number of nitrogens with zero attached hydrogens (tertiary/aromatic N) is 1. The first-order valence-electron chi connectivity index (χ1n) is 10.4. The molecule has 0 aliphatic carbocycles. The average molecular weight is 426 g/mol. The van der Waals surface area contributed by atoms with Crippen LogP contribution in [0, 0.1) is 0 Å². The van der Waals surface area contributed by atoms with Gasteiger partial charge in [0.25, 0.3) is 0 Å². The average Bonchev–Trinajstić information content (AvgIpc) is 2.62. The van der Waals surface area contributed by atoms with Gasteiger partial charge in [-0.15, -0.1) is 0 Å². The molecule has 0 aliphatic heterocycles. The van der Waals surface area contributed by atoms with E-state index in [2.05, 4.69) is 11.9 Å². The maximum atomic E-state index is 5.92. The quantitative estimate of drug-likeness (QED) is 0.294. The van der Waals surface area contributed by atoms with E-state index in [4.69, 9.17) is 26.6 Å². The number of rotatable bonds is 19. The molecule has 0 aliphatic rings. The number of hydrogen-bond donors (Lipinski definition) is 0. The Kier molecular flexibility index (Phi) is 16.1. The van der Waals surface area contributed by atoms with Crippen LogP contribution in [0.5, 0.6) is 0 Å². The largest absolute Gasteiger partial charge is 0.500 e. The highest BCUT2D eigenvalue weighted by Gasteiger charge is 2.40. The summed E-state index contributed by atoms with van der Waals surface area (Å²) in [6.07, 6.45) is 1.98. The van der Waals surface area contributed by atoms with Gasteiger partial charge in [-0.2, -0.15) is 0 Å². The van der Waals surface area contributed by atoms with Crippen molar-refractivity contribution >= 4 is 17.6 Å². The van der Waals surface area contributed by atoms with Crippen molar-refractivity contribution in [2.45, 2.75) is 59.5 Å². The summed E-state index contributed by atoms with van der Waals surface area (Å²) >= 11 is 0. The van der Waals surface area contributed by atoms with Gasteiger partial charge in [0.15, 0.2) is 0 Å². The predicted molar refractivity (Wildman–Crippen MR) is 113 cm³/mol. The van der Waals surface area contributed by atoms with E-state index >= 15 is 0 Å². The molecule has 0 rings (SSSR count). The predicted octanol–water partition coefficient (Wildman–Crippen LogP) is 3.41. The summed E-state index contributed by atoms with van der Waals surface area (Å²) in [5.41, 5.74) is 0. The first-order valence-corrected chi connectivity index (χ1v) is 14.3. The van der Waals surface area contributed by atoms with Gasteiger partial charge in [0.2, 0.25) is 0 Å². The van der Waals surface area contributed by atoms with Crippen molar-refractivity contribution in [1.82, 2.24) is 4.90 Å². The summed E-state index contributed by atoms with van der Waals surface area (Å²) in [6, 6.07) is 1.69. The minimum Gasteiger partial charge on any atom is -0.377 e. The third-order valence-electron chi connectivity index (χ3n) is 4.18. The molecule has 0 bridgehead atoms. The summed E-state index contributed by atoms with van der Waals surface area (Å²) in [6.45, 7) is 15.0. The van der Waals surface area contributed by atoms with Gasteiger partial charge in [-0.05, 0) is 67.6 Å². The highest BCUT2D eigenvalue weighted by molar-refractivity contribution is 6.61. The monoisotopic (exact) mass is 425 g/mol. The normalized spacial score (nSPS) is 12.9. The molecule has 0 unspecified atom stereocenters. The van der Waals surface area contributed by atoms with E-state index < -0.39 is 17.6 Å². The molecule has 0 atom stereocenters. The van der Waals surface area contributed by atoms with Gasteiger partial charge in [0.1, 0.15) is 0 Å². The van der Waals surface area contributed by atoms with Crippen LogP contribution in [0.4, 0.5) is 0 Å². The smallest absolute Gasteiger partial charge is 0.377 e. The molecule has 164 valence electrons. The minimum absolute atomic E-state index is 0.620. The molecule has 0 amide bonds. The van der Waals surface area contributed by atoms with Gasteiger partial charge < -0.3 is 31.5 Å². The fraction of sp³-hybridized carbons (Fsp3) is 1.00. The van der Waals surface area contributed by atoms with Crippen molar-refractivity contribution in [3.05, 3.63) is 0 Å². The lowest BCUT2D eigenvalue weighted by Gasteiger charge is -2.29. The van der Waals surface area contributed by atoms with Crippen LogP contribution in [0.25, 0.3) is 0 Å². The molecule has 0 heterocycles. The van der Waals surface area contributed by atoms with Crippen LogP contribution in [-0.4, -0.2) is 82.8 Å². The molecule has 7 nitrogen and oxygen atoms in total. The van der Waals surface area contributed by atoms with Crippen LogP contribution in [0.1, 0.15) is 47.5 Å². The van der Waals surface area contributed by atoms with E-state index in [1.807, 2.05) is 34.6 Å². The Bertz CT molecular complexity index is 329. The standard InChI is InChI=1S/C18H43NO6Si2/c1-8-21-26(20-7,22-9-2)17-13-15-19(6)16-14-18-27(23-10-3,24-11-4)25-12-5/h8-18H2,1-7H3. The van der Waals surface area contributed by atoms with E-state index in [-0.39, 0.29) is 0 Å². The molecule has 0 radical (unpaired) electrons. The molecular weight excluding hydrogens is 382 g/mol. The van der Waals surface area contributed by atoms with Crippen molar-refractivity contribution in [3.63, 3.8) is 0 Å². The van der Waals surface area contributed by atoms with E-state index in [0.29, 0.717) is 33.0 Å². The maximum absolute atomic E-state index is 5.92. The van der Waals surface area contributed by atoms with Crippen LogP contribution >= 0.6 is 0 Å². The van der Waals surface area contributed by atoms with Crippen molar-refractivity contribution in [2.24, 2.45) is 0 Å². The molecule has 0 spiro atoms. The molecule has 0 saturated carbocycles. The molecule has 0 saturated heterocycles. The van der Waals surface area contributed by atoms with E-state index in [0.717, 1.165) is 38.0 Å². The summed E-state index contributed by atoms with van der Waals surface area (Å²) < 4.78 is 35.1. The lowest BCUT2D eigenvalue weighted by atomic mass is 10.4. The van der Waals surface area contributed by atoms with Gasteiger partial charge in [0, 0.05) is 52.2 Å². The van der Waals surface area contributed by atoms with Gasteiger partial charge >= 0.3 is 17.6 Å². The Hall–Kier alpha value is 0.154. The lowest BCUT2D eigenvalue weighted by molar-refractivity contribution is 0.0701. The minimum atomic E-state index is -2.53. The van der Waals surface area contributed by atoms with Crippen molar-refractivity contribution in [1.29, 1.82) is 0 Å². The van der Waals surface area contributed by atoms with E-state index in [9.17, 15) is 0 Å². The van der Waals surface area contributed by atoms with Crippen LogP contribution < -0.4 is 0 Å². The Labute approximate surface area is 169 Å². The van der Waals surface area contributed by atoms with Gasteiger partial charge in [-0.3, -0.25) is 0 Å².